The van der Waals surface area contributed by atoms with Crippen molar-refractivity contribution >= 4 is 0 Å². The number of halogens is 3. The van der Waals surface area contributed by atoms with Crippen LogP contribution in [0.4, 0.5) is 13.2 Å². The standard InChI is InChI=1S/C14H19F3N2O/c1-10-8-12(18)6-7-19(10)9-11-4-2-3-5-13(11)20-14(15,16)17/h2-5,10,12H,6-9,18H2,1H3. The van der Waals surface area contributed by atoms with Crippen molar-refractivity contribution in [2.24, 2.45) is 5.73 Å². The summed E-state index contributed by atoms with van der Waals surface area (Å²) in [5.41, 5.74) is 6.44. The smallest absolute Gasteiger partial charge is 0.405 e. The first kappa shape index (κ1) is 15.1. The summed E-state index contributed by atoms with van der Waals surface area (Å²) in [6, 6.07) is 6.73. The van der Waals surface area contributed by atoms with E-state index in [4.69, 9.17) is 5.73 Å². The van der Waals surface area contributed by atoms with Gasteiger partial charge in [-0.2, -0.15) is 0 Å². The molecule has 0 saturated carbocycles. The first-order valence-corrected chi connectivity index (χ1v) is 6.68. The van der Waals surface area contributed by atoms with E-state index in [1.165, 1.54) is 6.07 Å². The molecule has 0 spiro atoms. The Bertz CT molecular complexity index is 450. The summed E-state index contributed by atoms with van der Waals surface area (Å²) in [4.78, 5) is 2.14. The number of rotatable bonds is 3. The van der Waals surface area contributed by atoms with Crippen LogP contribution in [0.1, 0.15) is 25.3 Å². The molecule has 0 radical (unpaired) electrons. The Kier molecular flexibility index (Phi) is 4.55. The average Bonchev–Trinajstić information content (AvgIpc) is 2.33. The predicted molar refractivity (Wildman–Crippen MR) is 70.2 cm³/mol. The van der Waals surface area contributed by atoms with Gasteiger partial charge in [-0.1, -0.05) is 18.2 Å². The van der Waals surface area contributed by atoms with Crippen LogP contribution < -0.4 is 10.5 Å². The third-order valence-electron chi connectivity index (χ3n) is 3.63. The molecule has 0 aliphatic carbocycles. The number of nitrogens with two attached hydrogens (primary N) is 1. The quantitative estimate of drug-likeness (QED) is 0.929. The Hall–Kier alpha value is -1.27. The zero-order valence-electron chi connectivity index (χ0n) is 11.4. The molecule has 2 rings (SSSR count). The summed E-state index contributed by atoms with van der Waals surface area (Å²) < 4.78 is 41.2. The van der Waals surface area contributed by atoms with E-state index in [0.29, 0.717) is 12.1 Å². The van der Waals surface area contributed by atoms with Crippen LogP contribution in [0.15, 0.2) is 24.3 Å². The van der Waals surface area contributed by atoms with Crippen molar-refractivity contribution in [3.8, 4) is 5.75 Å². The fraction of sp³-hybridized carbons (Fsp3) is 0.571. The number of ether oxygens (including phenoxy) is 1. The lowest BCUT2D eigenvalue weighted by atomic mass is 9.98. The fourth-order valence-corrected chi connectivity index (χ4v) is 2.57. The molecule has 6 heteroatoms. The highest BCUT2D eigenvalue weighted by Gasteiger charge is 2.32. The second-order valence-corrected chi connectivity index (χ2v) is 5.26. The lowest BCUT2D eigenvalue weighted by molar-refractivity contribution is -0.275. The maximum absolute atomic E-state index is 12.4. The summed E-state index contributed by atoms with van der Waals surface area (Å²) in [7, 11) is 0. The molecule has 112 valence electrons. The highest BCUT2D eigenvalue weighted by Crippen LogP contribution is 2.28. The van der Waals surface area contributed by atoms with Gasteiger partial charge in [0, 0.05) is 30.7 Å². The van der Waals surface area contributed by atoms with Gasteiger partial charge >= 0.3 is 6.36 Å². The molecule has 1 heterocycles. The van der Waals surface area contributed by atoms with Crippen LogP contribution in [0.2, 0.25) is 0 Å². The SMILES string of the molecule is CC1CC(N)CCN1Cc1ccccc1OC(F)(F)F. The number of hydrogen-bond acceptors (Lipinski definition) is 3. The molecule has 0 bridgehead atoms. The number of likely N-dealkylation sites (tertiary alicyclic amines) is 1. The van der Waals surface area contributed by atoms with Crippen LogP contribution in [-0.2, 0) is 6.54 Å². The van der Waals surface area contributed by atoms with Gasteiger partial charge in [0.2, 0.25) is 0 Å². The molecule has 0 aromatic heterocycles. The van der Waals surface area contributed by atoms with E-state index in [1.54, 1.807) is 18.2 Å². The summed E-state index contributed by atoms with van der Waals surface area (Å²) in [5, 5.41) is 0. The van der Waals surface area contributed by atoms with Crippen molar-refractivity contribution in [2.45, 2.75) is 44.8 Å². The Labute approximate surface area is 116 Å². The molecule has 2 unspecified atom stereocenters. The van der Waals surface area contributed by atoms with E-state index in [1.807, 2.05) is 6.92 Å². The van der Waals surface area contributed by atoms with Crippen molar-refractivity contribution in [1.29, 1.82) is 0 Å². The Morgan fingerprint density at radius 3 is 2.70 bits per heavy atom. The molecule has 20 heavy (non-hydrogen) atoms. The van der Waals surface area contributed by atoms with Crippen molar-refractivity contribution < 1.29 is 17.9 Å². The van der Waals surface area contributed by atoms with Gasteiger partial charge in [-0.3, -0.25) is 4.90 Å². The lowest BCUT2D eigenvalue weighted by Crippen LogP contribution is -2.45. The third-order valence-corrected chi connectivity index (χ3v) is 3.63. The van der Waals surface area contributed by atoms with Crippen LogP contribution in [-0.4, -0.2) is 29.9 Å². The second kappa shape index (κ2) is 6.01. The monoisotopic (exact) mass is 288 g/mol. The first-order valence-electron chi connectivity index (χ1n) is 6.68. The van der Waals surface area contributed by atoms with Crippen LogP contribution in [0, 0.1) is 0 Å². The minimum absolute atomic E-state index is 0.123. The number of alkyl halides is 3. The average molecular weight is 288 g/mol. The fourth-order valence-electron chi connectivity index (χ4n) is 2.57. The minimum atomic E-state index is -4.66. The Morgan fingerprint density at radius 2 is 2.05 bits per heavy atom. The van der Waals surface area contributed by atoms with E-state index >= 15 is 0 Å². The summed E-state index contributed by atoms with van der Waals surface area (Å²) in [6.45, 7) is 3.29. The maximum atomic E-state index is 12.4. The number of benzene rings is 1. The number of hydrogen-bond donors (Lipinski definition) is 1. The summed E-state index contributed by atoms with van der Waals surface area (Å²) in [6.07, 6.45) is -2.93. The topological polar surface area (TPSA) is 38.5 Å². The van der Waals surface area contributed by atoms with Gasteiger partial charge in [-0.15, -0.1) is 13.2 Å². The van der Waals surface area contributed by atoms with Crippen molar-refractivity contribution in [3.63, 3.8) is 0 Å². The molecule has 1 fully saturated rings. The maximum Gasteiger partial charge on any atom is 0.573 e. The van der Waals surface area contributed by atoms with E-state index < -0.39 is 6.36 Å². The van der Waals surface area contributed by atoms with Crippen molar-refractivity contribution in [2.75, 3.05) is 6.54 Å². The molecule has 2 atom stereocenters. The Morgan fingerprint density at radius 1 is 1.35 bits per heavy atom. The molecule has 1 saturated heterocycles. The molecular weight excluding hydrogens is 269 g/mol. The van der Waals surface area contributed by atoms with Gasteiger partial charge in [0.15, 0.2) is 0 Å². The largest absolute Gasteiger partial charge is 0.573 e. The Balaban J connectivity index is 2.09. The number of para-hydroxylation sites is 1. The predicted octanol–water partition coefficient (Wildman–Crippen LogP) is 2.90. The molecule has 1 aromatic rings. The van der Waals surface area contributed by atoms with Gasteiger partial charge < -0.3 is 10.5 Å². The van der Waals surface area contributed by atoms with Crippen LogP contribution in [0.25, 0.3) is 0 Å². The van der Waals surface area contributed by atoms with Gasteiger partial charge in [0.05, 0.1) is 0 Å². The molecule has 0 amide bonds. The summed E-state index contributed by atoms with van der Waals surface area (Å²) >= 11 is 0. The van der Waals surface area contributed by atoms with Gasteiger partial charge in [0.1, 0.15) is 5.75 Å². The molecule has 1 aliphatic heterocycles. The molecule has 2 N–H and O–H groups in total. The van der Waals surface area contributed by atoms with Crippen LogP contribution >= 0.6 is 0 Å². The van der Waals surface area contributed by atoms with E-state index in [2.05, 4.69) is 9.64 Å². The minimum Gasteiger partial charge on any atom is -0.405 e. The normalized spacial score (nSPS) is 24.6. The van der Waals surface area contributed by atoms with E-state index in [9.17, 15) is 13.2 Å². The first-order chi connectivity index (χ1) is 9.35. The molecular formula is C14H19F3N2O. The van der Waals surface area contributed by atoms with Crippen LogP contribution in [0.3, 0.4) is 0 Å². The highest BCUT2D eigenvalue weighted by atomic mass is 19.4. The zero-order chi connectivity index (χ0) is 14.8. The molecule has 1 aliphatic rings. The second-order valence-electron chi connectivity index (χ2n) is 5.26. The molecule has 3 nitrogen and oxygen atoms in total. The van der Waals surface area contributed by atoms with Crippen LogP contribution in [0.5, 0.6) is 5.75 Å². The van der Waals surface area contributed by atoms with E-state index in [-0.39, 0.29) is 17.8 Å². The zero-order valence-corrected chi connectivity index (χ0v) is 11.4. The molecule has 1 aromatic carbocycles. The van der Waals surface area contributed by atoms with Gasteiger partial charge in [0.25, 0.3) is 0 Å². The number of nitrogens with zero attached hydrogens (tertiary/aromatic N) is 1. The summed E-state index contributed by atoms with van der Waals surface area (Å²) in [5.74, 6) is -0.123. The number of piperidine rings is 1. The van der Waals surface area contributed by atoms with Gasteiger partial charge in [-0.05, 0) is 25.8 Å². The van der Waals surface area contributed by atoms with Gasteiger partial charge in [-0.25, -0.2) is 0 Å². The van der Waals surface area contributed by atoms with Crippen molar-refractivity contribution in [3.05, 3.63) is 29.8 Å². The lowest BCUT2D eigenvalue weighted by Gasteiger charge is -2.36. The highest BCUT2D eigenvalue weighted by molar-refractivity contribution is 5.33. The van der Waals surface area contributed by atoms with E-state index in [0.717, 1.165) is 19.4 Å². The third kappa shape index (κ3) is 4.11. The van der Waals surface area contributed by atoms with Crippen molar-refractivity contribution in [1.82, 2.24) is 4.90 Å².